The molecule has 2 rings (SSSR count). The average molecular weight is 301 g/mol. The number of alkyl halides is 2. The third-order valence-corrected chi connectivity index (χ3v) is 3.56. The normalized spacial score (nSPS) is 11.1. The minimum absolute atomic E-state index is 0.0892. The molecule has 0 aromatic carbocycles. The van der Waals surface area contributed by atoms with Gasteiger partial charge < -0.3 is 4.57 Å². The number of nitrogens with zero attached hydrogens (tertiary/aromatic N) is 5. The van der Waals surface area contributed by atoms with Gasteiger partial charge in [0.2, 0.25) is 5.82 Å². The van der Waals surface area contributed by atoms with E-state index in [1.807, 2.05) is 0 Å². The molecule has 0 atom stereocenters. The van der Waals surface area contributed by atoms with E-state index in [-0.39, 0.29) is 15.9 Å². The SMILES string of the molecule is Cc1ccnc(Sc2nnc(C(F)F)n2C)c1[N+](=O)[O-]. The van der Waals surface area contributed by atoms with E-state index in [2.05, 4.69) is 15.2 Å². The van der Waals surface area contributed by atoms with Crippen LogP contribution in [0.1, 0.15) is 17.8 Å². The van der Waals surface area contributed by atoms with Gasteiger partial charge in [-0.3, -0.25) is 10.1 Å². The highest BCUT2D eigenvalue weighted by atomic mass is 32.2. The molecule has 0 spiro atoms. The molecule has 7 nitrogen and oxygen atoms in total. The Bertz CT molecular complexity index is 661. The molecule has 20 heavy (non-hydrogen) atoms. The van der Waals surface area contributed by atoms with E-state index < -0.39 is 17.2 Å². The number of hydrogen-bond acceptors (Lipinski definition) is 6. The van der Waals surface area contributed by atoms with Crippen LogP contribution in [0.25, 0.3) is 0 Å². The van der Waals surface area contributed by atoms with Crippen molar-refractivity contribution in [1.82, 2.24) is 19.7 Å². The fourth-order valence-electron chi connectivity index (χ4n) is 1.51. The van der Waals surface area contributed by atoms with Crippen LogP contribution in [-0.2, 0) is 7.05 Å². The van der Waals surface area contributed by atoms with Crippen LogP contribution in [0.4, 0.5) is 14.5 Å². The van der Waals surface area contributed by atoms with Gasteiger partial charge in [0.15, 0.2) is 10.2 Å². The number of pyridine rings is 1. The molecule has 0 aliphatic heterocycles. The summed E-state index contributed by atoms with van der Waals surface area (Å²) in [6.07, 6.45) is -1.35. The van der Waals surface area contributed by atoms with Crippen LogP contribution in [0.15, 0.2) is 22.4 Å². The van der Waals surface area contributed by atoms with Gasteiger partial charge in [-0.15, -0.1) is 10.2 Å². The lowest BCUT2D eigenvalue weighted by Crippen LogP contribution is -2.00. The summed E-state index contributed by atoms with van der Waals surface area (Å²) in [7, 11) is 1.37. The molecular weight excluding hydrogens is 292 g/mol. The smallest absolute Gasteiger partial charge is 0.304 e. The van der Waals surface area contributed by atoms with Crippen molar-refractivity contribution in [3.63, 3.8) is 0 Å². The molecule has 2 aromatic rings. The second kappa shape index (κ2) is 5.49. The maximum Gasteiger partial charge on any atom is 0.304 e. The van der Waals surface area contributed by atoms with Crippen LogP contribution in [-0.4, -0.2) is 24.7 Å². The highest BCUT2D eigenvalue weighted by molar-refractivity contribution is 7.99. The van der Waals surface area contributed by atoms with Crippen LogP contribution >= 0.6 is 11.8 Å². The largest absolute Gasteiger partial charge is 0.304 e. The molecule has 10 heteroatoms. The zero-order chi connectivity index (χ0) is 14.9. The molecule has 0 unspecified atom stereocenters. The Hall–Kier alpha value is -2.10. The molecule has 0 amide bonds. The first-order chi connectivity index (χ1) is 9.41. The first kappa shape index (κ1) is 14.3. The standard InChI is InChI=1S/C10H9F2N5O2S/c1-5-3-4-13-9(6(5)17(18)19)20-10-15-14-8(7(11)12)16(10)2/h3-4,7H,1-2H3. The molecule has 0 fully saturated rings. The van der Waals surface area contributed by atoms with Gasteiger partial charge in [0.1, 0.15) is 0 Å². The lowest BCUT2D eigenvalue weighted by molar-refractivity contribution is -0.388. The quantitative estimate of drug-likeness (QED) is 0.637. The molecule has 2 aromatic heterocycles. The van der Waals surface area contributed by atoms with Gasteiger partial charge in [-0.25, -0.2) is 13.8 Å². The Kier molecular flexibility index (Phi) is 3.93. The molecule has 0 N–H and O–H groups in total. The number of rotatable bonds is 4. The highest BCUT2D eigenvalue weighted by Crippen LogP contribution is 2.34. The Balaban J connectivity index is 2.41. The van der Waals surface area contributed by atoms with Gasteiger partial charge >= 0.3 is 5.69 Å². The van der Waals surface area contributed by atoms with Gasteiger partial charge in [-0.2, -0.15) is 0 Å². The fraction of sp³-hybridized carbons (Fsp3) is 0.300. The summed E-state index contributed by atoms with van der Waals surface area (Å²) in [4.78, 5) is 14.4. The molecule has 0 saturated heterocycles. The number of halogens is 2. The van der Waals surface area contributed by atoms with E-state index in [1.54, 1.807) is 6.92 Å². The third-order valence-electron chi connectivity index (χ3n) is 2.53. The van der Waals surface area contributed by atoms with Crippen molar-refractivity contribution in [2.75, 3.05) is 0 Å². The van der Waals surface area contributed by atoms with Gasteiger partial charge in [0.05, 0.1) is 4.92 Å². The summed E-state index contributed by atoms with van der Waals surface area (Å²) in [5, 5.41) is 18.2. The predicted molar refractivity (Wildman–Crippen MR) is 65.7 cm³/mol. The molecular formula is C10H9F2N5O2S. The molecule has 0 aliphatic carbocycles. The van der Waals surface area contributed by atoms with Crippen molar-refractivity contribution in [3.05, 3.63) is 33.8 Å². The minimum atomic E-state index is -2.76. The van der Waals surface area contributed by atoms with E-state index in [0.29, 0.717) is 5.56 Å². The second-order valence-corrected chi connectivity index (χ2v) is 4.80. The highest BCUT2D eigenvalue weighted by Gasteiger charge is 2.23. The second-order valence-electron chi connectivity index (χ2n) is 3.84. The van der Waals surface area contributed by atoms with E-state index >= 15 is 0 Å². The number of aryl methyl sites for hydroxylation is 1. The Morgan fingerprint density at radius 1 is 1.45 bits per heavy atom. The van der Waals surface area contributed by atoms with Gasteiger partial charge in [-0.05, 0) is 24.8 Å². The summed E-state index contributed by atoms with van der Waals surface area (Å²) < 4.78 is 26.3. The number of hydrogen-bond donors (Lipinski definition) is 0. The number of aromatic nitrogens is 4. The topological polar surface area (TPSA) is 86.7 Å². The predicted octanol–water partition coefficient (Wildman–Crippen LogP) is 2.52. The van der Waals surface area contributed by atoms with E-state index in [9.17, 15) is 18.9 Å². The van der Waals surface area contributed by atoms with E-state index in [0.717, 1.165) is 16.3 Å². The molecule has 0 bridgehead atoms. The zero-order valence-electron chi connectivity index (χ0n) is 10.4. The summed E-state index contributed by atoms with van der Waals surface area (Å²) in [5.41, 5.74) is 0.267. The van der Waals surface area contributed by atoms with Gasteiger partial charge in [0.25, 0.3) is 6.43 Å². The van der Waals surface area contributed by atoms with Crippen LogP contribution in [0, 0.1) is 17.0 Å². The Morgan fingerprint density at radius 3 is 2.70 bits per heavy atom. The van der Waals surface area contributed by atoms with Crippen molar-refractivity contribution in [2.45, 2.75) is 23.5 Å². The lowest BCUT2D eigenvalue weighted by Gasteiger charge is -2.04. The van der Waals surface area contributed by atoms with E-state index in [4.69, 9.17) is 0 Å². The Labute approximate surface area is 116 Å². The fourth-order valence-corrected chi connectivity index (χ4v) is 2.44. The van der Waals surface area contributed by atoms with Crippen LogP contribution in [0.3, 0.4) is 0 Å². The maximum atomic E-state index is 12.6. The summed E-state index contributed by atoms with van der Waals surface area (Å²) in [6.45, 7) is 1.57. The average Bonchev–Trinajstić information content (AvgIpc) is 2.70. The minimum Gasteiger partial charge on any atom is -0.304 e. The van der Waals surface area contributed by atoms with Crippen molar-refractivity contribution in [1.29, 1.82) is 0 Å². The molecule has 106 valence electrons. The van der Waals surface area contributed by atoms with Crippen LogP contribution < -0.4 is 0 Å². The molecule has 0 saturated carbocycles. The monoisotopic (exact) mass is 301 g/mol. The van der Waals surface area contributed by atoms with Crippen molar-refractivity contribution >= 4 is 17.4 Å². The van der Waals surface area contributed by atoms with Crippen molar-refractivity contribution < 1.29 is 13.7 Å². The third kappa shape index (κ3) is 2.59. The molecule has 2 heterocycles. The van der Waals surface area contributed by atoms with Gasteiger partial charge in [0, 0.05) is 18.8 Å². The van der Waals surface area contributed by atoms with Crippen molar-refractivity contribution in [2.24, 2.45) is 7.05 Å². The summed E-state index contributed by atoms with van der Waals surface area (Å²) in [6, 6.07) is 1.50. The number of nitro groups is 1. The Morgan fingerprint density at radius 2 is 2.15 bits per heavy atom. The van der Waals surface area contributed by atoms with Gasteiger partial charge in [-0.1, -0.05) is 0 Å². The molecule has 0 aliphatic rings. The van der Waals surface area contributed by atoms with Crippen molar-refractivity contribution in [3.8, 4) is 0 Å². The lowest BCUT2D eigenvalue weighted by atomic mass is 10.3. The summed E-state index contributed by atoms with van der Waals surface area (Å²) >= 11 is 0.825. The summed E-state index contributed by atoms with van der Waals surface area (Å²) in [5.74, 6) is -0.497. The van der Waals surface area contributed by atoms with Crippen LogP contribution in [0.2, 0.25) is 0 Å². The van der Waals surface area contributed by atoms with Crippen LogP contribution in [0.5, 0.6) is 0 Å². The molecule has 0 radical (unpaired) electrons. The first-order valence-electron chi connectivity index (χ1n) is 5.37. The zero-order valence-corrected chi connectivity index (χ0v) is 11.3. The van der Waals surface area contributed by atoms with E-state index in [1.165, 1.54) is 19.3 Å². The maximum absolute atomic E-state index is 12.6. The first-order valence-corrected chi connectivity index (χ1v) is 6.18.